The van der Waals surface area contributed by atoms with Crippen molar-refractivity contribution in [3.8, 4) is 0 Å². The van der Waals surface area contributed by atoms with Gasteiger partial charge in [-0.1, -0.05) is 0 Å². The monoisotopic (exact) mass is 352 g/mol. The van der Waals surface area contributed by atoms with Gasteiger partial charge in [0.15, 0.2) is 11.5 Å². The Labute approximate surface area is 138 Å². The number of rotatable bonds is 6. The third-order valence-electron chi connectivity index (χ3n) is 2.69. The lowest BCUT2D eigenvalue weighted by atomic mass is 10.2. The zero-order valence-corrected chi connectivity index (χ0v) is 13.8. The van der Waals surface area contributed by atoms with Crippen LogP contribution in [0.4, 0.5) is 23.0 Å². The van der Waals surface area contributed by atoms with Crippen LogP contribution < -0.4 is 10.5 Å². The maximum absolute atomic E-state index is 11.6. The van der Waals surface area contributed by atoms with E-state index < -0.39 is 16.0 Å². The van der Waals surface area contributed by atoms with Crippen LogP contribution in [0.1, 0.15) is 17.3 Å². The first-order valence-electron chi connectivity index (χ1n) is 6.80. The Kier molecular flexibility index (Phi) is 5.14. The molecule has 128 valence electrons. The van der Waals surface area contributed by atoms with E-state index in [-0.39, 0.29) is 23.9 Å². The summed E-state index contributed by atoms with van der Waals surface area (Å²) in [5, 5.41) is 14.0. The molecule has 4 N–H and O–H groups in total. The fraction of sp³-hybridized carbons (Fsp3) is 0.231. The summed E-state index contributed by atoms with van der Waals surface area (Å²) in [6, 6.07) is 6.22. The second-order valence-electron chi connectivity index (χ2n) is 4.68. The molecule has 0 aliphatic carbocycles. The molecule has 1 aromatic heterocycles. The minimum Gasteiger partial charge on any atom is -0.462 e. The molecule has 0 aliphatic rings. The predicted octanol–water partition coefficient (Wildman–Crippen LogP) is 1.96. The van der Waals surface area contributed by atoms with Crippen molar-refractivity contribution in [1.82, 2.24) is 10.2 Å². The van der Waals surface area contributed by atoms with E-state index >= 15 is 0 Å². The number of hydrogen-bond acceptors (Lipinski definition) is 8. The van der Waals surface area contributed by atoms with Crippen LogP contribution >= 0.6 is 0 Å². The average Bonchev–Trinajstić information content (AvgIpc) is 2.84. The van der Waals surface area contributed by atoms with E-state index in [1.54, 1.807) is 31.2 Å². The Morgan fingerprint density at radius 3 is 2.58 bits per heavy atom. The number of anilines is 2. The molecule has 24 heavy (non-hydrogen) atoms. The molecule has 0 unspecified atom stereocenters. The first kappa shape index (κ1) is 17.4. The highest BCUT2D eigenvalue weighted by Gasteiger charge is 2.14. The van der Waals surface area contributed by atoms with Gasteiger partial charge in [0.25, 0.3) is 0 Å². The first-order chi connectivity index (χ1) is 11.3. The molecule has 10 nitrogen and oxygen atoms in total. The Morgan fingerprint density at radius 2 is 2.00 bits per heavy atom. The van der Waals surface area contributed by atoms with E-state index in [1.165, 1.54) is 0 Å². The van der Waals surface area contributed by atoms with Gasteiger partial charge in [0, 0.05) is 0 Å². The molecule has 2 aromatic rings. The van der Waals surface area contributed by atoms with Crippen LogP contribution in [0.2, 0.25) is 0 Å². The summed E-state index contributed by atoms with van der Waals surface area (Å²) in [5.41, 5.74) is 6.54. The molecular formula is C13H16N6O4S. The van der Waals surface area contributed by atoms with Gasteiger partial charge in [0.1, 0.15) is 5.82 Å². The number of hydrogen-bond donors (Lipinski definition) is 3. The van der Waals surface area contributed by atoms with Crippen molar-refractivity contribution in [3.63, 3.8) is 0 Å². The molecule has 0 bridgehead atoms. The number of nitrogen functional groups attached to an aromatic ring is 1. The molecule has 0 spiro atoms. The number of benzene rings is 1. The highest BCUT2D eigenvalue weighted by atomic mass is 32.2. The lowest BCUT2D eigenvalue weighted by Crippen LogP contribution is -2.09. The third kappa shape index (κ3) is 4.52. The molecular weight excluding hydrogens is 336 g/mol. The number of carbonyl (C=O) groups excluding carboxylic acids is 1. The topological polar surface area (TPSA) is 152 Å². The van der Waals surface area contributed by atoms with Crippen molar-refractivity contribution in [1.29, 1.82) is 0 Å². The van der Waals surface area contributed by atoms with Gasteiger partial charge in [-0.3, -0.25) is 9.82 Å². The van der Waals surface area contributed by atoms with Gasteiger partial charge in [0.05, 0.1) is 24.1 Å². The summed E-state index contributed by atoms with van der Waals surface area (Å²) in [5.74, 6) is -0.422. The number of azo groups is 1. The lowest BCUT2D eigenvalue weighted by Gasteiger charge is -2.01. The van der Waals surface area contributed by atoms with Crippen molar-refractivity contribution < 1.29 is 17.9 Å². The van der Waals surface area contributed by atoms with E-state index in [9.17, 15) is 13.2 Å². The summed E-state index contributed by atoms with van der Waals surface area (Å²) < 4.78 is 29.6. The highest BCUT2D eigenvalue weighted by Crippen LogP contribution is 2.31. The molecule has 0 radical (unpaired) electrons. The fourth-order valence-electron chi connectivity index (χ4n) is 1.68. The van der Waals surface area contributed by atoms with Crippen molar-refractivity contribution in [2.75, 3.05) is 23.3 Å². The van der Waals surface area contributed by atoms with Crippen LogP contribution in [0.15, 0.2) is 34.5 Å². The van der Waals surface area contributed by atoms with Gasteiger partial charge >= 0.3 is 5.97 Å². The molecule has 1 aromatic carbocycles. The largest absolute Gasteiger partial charge is 0.462 e. The maximum Gasteiger partial charge on any atom is 0.338 e. The molecule has 1 heterocycles. The number of H-pyrrole nitrogens is 1. The molecule has 0 saturated heterocycles. The van der Waals surface area contributed by atoms with Crippen LogP contribution in [-0.2, 0) is 14.8 Å². The number of sulfonamides is 1. The van der Waals surface area contributed by atoms with Crippen LogP contribution in [0.5, 0.6) is 0 Å². The van der Waals surface area contributed by atoms with E-state index in [4.69, 9.17) is 10.5 Å². The van der Waals surface area contributed by atoms with E-state index in [0.29, 0.717) is 11.3 Å². The normalized spacial score (nSPS) is 11.6. The smallest absolute Gasteiger partial charge is 0.338 e. The zero-order valence-electron chi connectivity index (χ0n) is 13.0. The van der Waals surface area contributed by atoms with Crippen LogP contribution in [0.3, 0.4) is 0 Å². The molecule has 11 heteroatoms. The SMILES string of the molecule is CCOC(=O)c1ccc(N=Nc2c(NS(C)(=O)=O)n[nH]c2N)cc1. The third-order valence-corrected chi connectivity index (χ3v) is 3.26. The Hall–Kier alpha value is -2.95. The Balaban J connectivity index is 2.19. The lowest BCUT2D eigenvalue weighted by molar-refractivity contribution is 0.0526. The van der Waals surface area contributed by atoms with E-state index in [2.05, 4.69) is 25.1 Å². The molecule has 0 fully saturated rings. The number of nitrogens with one attached hydrogen (secondary N) is 2. The van der Waals surface area contributed by atoms with Crippen molar-refractivity contribution in [2.45, 2.75) is 6.92 Å². The maximum atomic E-state index is 11.6. The quantitative estimate of drug-likeness (QED) is 0.533. The number of carbonyl (C=O) groups is 1. The molecule has 0 saturated carbocycles. The van der Waals surface area contributed by atoms with E-state index in [1.807, 2.05) is 0 Å². The predicted molar refractivity (Wildman–Crippen MR) is 88.0 cm³/mol. The summed E-state index contributed by atoms with van der Waals surface area (Å²) in [4.78, 5) is 11.6. The molecule has 0 amide bonds. The number of aromatic nitrogens is 2. The van der Waals surface area contributed by atoms with Gasteiger partial charge in [0.2, 0.25) is 10.0 Å². The summed E-state index contributed by atoms with van der Waals surface area (Å²) >= 11 is 0. The van der Waals surface area contributed by atoms with Gasteiger partial charge in [-0.2, -0.15) is 10.2 Å². The van der Waals surface area contributed by atoms with Crippen LogP contribution in [0, 0.1) is 0 Å². The van der Waals surface area contributed by atoms with Gasteiger partial charge < -0.3 is 10.5 Å². The van der Waals surface area contributed by atoms with Crippen LogP contribution in [0.25, 0.3) is 0 Å². The van der Waals surface area contributed by atoms with Crippen molar-refractivity contribution in [2.24, 2.45) is 10.2 Å². The summed E-state index contributed by atoms with van der Waals surface area (Å²) in [7, 11) is -3.53. The second kappa shape index (κ2) is 7.08. The Morgan fingerprint density at radius 1 is 1.33 bits per heavy atom. The summed E-state index contributed by atoms with van der Waals surface area (Å²) in [6.45, 7) is 2.01. The number of nitrogens with two attached hydrogens (primary N) is 1. The summed E-state index contributed by atoms with van der Waals surface area (Å²) in [6.07, 6.45) is 0.979. The minimum absolute atomic E-state index is 0.0538. The molecule has 2 rings (SSSR count). The second-order valence-corrected chi connectivity index (χ2v) is 6.42. The van der Waals surface area contributed by atoms with Crippen molar-refractivity contribution in [3.05, 3.63) is 29.8 Å². The average molecular weight is 352 g/mol. The molecule has 0 atom stereocenters. The highest BCUT2D eigenvalue weighted by molar-refractivity contribution is 7.92. The van der Waals surface area contributed by atoms with Gasteiger partial charge in [-0.25, -0.2) is 13.2 Å². The van der Waals surface area contributed by atoms with E-state index in [0.717, 1.165) is 6.26 Å². The Bertz CT molecular complexity index is 857. The van der Waals surface area contributed by atoms with Crippen molar-refractivity contribution >= 4 is 39.0 Å². The number of esters is 1. The zero-order chi connectivity index (χ0) is 17.7. The number of aromatic amines is 1. The molecule has 0 aliphatic heterocycles. The minimum atomic E-state index is -3.53. The standard InChI is InChI=1S/C13H16N6O4S/c1-3-23-13(20)8-4-6-9(7-5-8)15-16-10-11(14)17-18-12(10)19-24(2,21)22/h4-7H,3H2,1-2H3,(H4,14,17,18,19). The van der Waals surface area contributed by atoms with Gasteiger partial charge in [-0.05, 0) is 31.2 Å². The number of ether oxygens (including phenoxy) is 1. The number of nitrogens with zero attached hydrogens (tertiary/aromatic N) is 3. The van der Waals surface area contributed by atoms with Crippen LogP contribution in [-0.4, -0.2) is 37.4 Å². The fourth-order valence-corrected chi connectivity index (χ4v) is 2.18. The first-order valence-corrected chi connectivity index (χ1v) is 8.70. The van der Waals surface area contributed by atoms with Gasteiger partial charge in [-0.15, -0.1) is 5.11 Å².